The van der Waals surface area contributed by atoms with Crippen molar-refractivity contribution in [3.63, 3.8) is 0 Å². The second-order valence-electron chi connectivity index (χ2n) is 6.61. The molecule has 0 unspecified atom stereocenters. The van der Waals surface area contributed by atoms with Crippen LogP contribution in [0.1, 0.15) is 62.7 Å². The number of ether oxygens (including phenoxy) is 1. The number of carbonyl (C=O) groups is 3. The molecule has 1 aromatic carbocycles. The molecule has 0 atom stereocenters. The fourth-order valence-corrected chi connectivity index (χ4v) is 3.39. The molecule has 0 spiro atoms. The summed E-state index contributed by atoms with van der Waals surface area (Å²) < 4.78 is 5.02. The summed E-state index contributed by atoms with van der Waals surface area (Å²) in [5.41, 5.74) is 0.715. The van der Waals surface area contributed by atoms with E-state index in [-0.39, 0.29) is 31.0 Å². The van der Waals surface area contributed by atoms with E-state index in [0.29, 0.717) is 11.3 Å². The monoisotopic (exact) mass is 360 g/mol. The van der Waals surface area contributed by atoms with Gasteiger partial charge in [0, 0.05) is 13.0 Å². The van der Waals surface area contributed by atoms with Gasteiger partial charge in [0.2, 0.25) is 11.8 Å². The fraction of sp³-hybridized carbons (Fsp3) is 0.550. The summed E-state index contributed by atoms with van der Waals surface area (Å²) in [6.45, 7) is 3.50. The second-order valence-corrected chi connectivity index (χ2v) is 6.61. The summed E-state index contributed by atoms with van der Waals surface area (Å²) in [7, 11) is 0. The maximum Gasteiger partial charge on any atom is 0.340 e. The Morgan fingerprint density at radius 1 is 1.12 bits per heavy atom. The minimum atomic E-state index is -0.476. The molecule has 0 aliphatic heterocycles. The third kappa shape index (κ3) is 5.58. The number of anilines is 1. The van der Waals surface area contributed by atoms with Gasteiger partial charge in [-0.2, -0.15) is 0 Å². The van der Waals surface area contributed by atoms with Crippen molar-refractivity contribution in [2.75, 3.05) is 18.5 Å². The number of benzene rings is 1. The van der Waals surface area contributed by atoms with E-state index in [9.17, 15) is 14.4 Å². The standard InChI is InChI=1S/C20H28N2O4/c1-3-26-20(25)17-12-8-9-13-18(17)21-19(24)14-22(15(2)23)16-10-6-4-5-7-11-16/h8-9,12-13,16H,3-7,10-11,14H2,1-2H3,(H,21,24). The molecule has 6 heteroatoms. The first-order chi connectivity index (χ1) is 12.5. The van der Waals surface area contributed by atoms with Crippen molar-refractivity contribution in [1.29, 1.82) is 0 Å². The second kappa shape index (κ2) is 9.94. The third-order valence-electron chi connectivity index (χ3n) is 4.68. The van der Waals surface area contributed by atoms with Gasteiger partial charge in [0.1, 0.15) is 6.54 Å². The predicted molar refractivity (Wildman–Crippen MR) is 99.9 cm³/mol. The van der Waals surface area contributed by atoms with E-state index in [1.807, 2.05) is 0 Å². The molecule has 0 heterocycles. The molecular weight excluding hydrogens is 332 g/mol. The minimum absolute atomic E-state index is 0.00282. The number of hydrogen-bond acceptors (Lipinski definition) is 4. The van der Waals surface area contributed by atoms with Gasteiger partial charge in [-0.3, -0.25) is 9.59 Å². The van der Waals surface area contributed by atoms with Gasteiger partial charge >= 0.3 is 5.97 Å². The van der Waals surface area contributed by atoms with Crippen molar-refractivity contribution in [1.82, 2.24) is 4.90 Å². The number of nitrogens with zero attached hydrogens (tertiary/aromatic N) is 1. The zero-order valence-electron chi connectivity index (χ0n) is 15.6. The van der Waals surface area contributed by atoms with E-state index in [1.54, 1.807) is 36.1 Å². The summed E-state index contributed by atoms with van der Waals surface area (Å²) in [5, 5.41) is 2.76. The van der Waals surface area contributed by atoms with Crippen LogP contribution < -0.4 is 5.32 Å². The van der Waals surface area contributed by atoms with E-state index >= 15 is 0 Å². The van der Waals surface area contributed by atoms with Gasteiger partial charge in [-0.1, -0.05) is 37.8 Å². The highest BCUT2D eigenvalue weighted by atomic mass is 16.5. The van der Waals surface area contributed by atoms with Crippen molar-refractivity contribution in [2.45, 2.75) is 58.4 Å². The van der Waals surface area contributed by atoms with Crippen molar-refractivity contribution in [3.8, 4) is 0 Å². The van der Waals surface area contributed by atoms with Crippen LogP contribution >= 0.6 is 0 Å². The normalized spacial score (nSPS) is 15.0. The van der Waals surface area contributed by atoms with Gasteiger partial charge in [-0.15, -0.1) is 0 Å². The minimum Gasteiger partial charge on any atom is -0.462 e. The number of amides is 2. The lowest BCUT2D eigenvalue weighted by Crippen LogP contribution is -2.43. The largest absolute Gasteiger partial charge is 0.462 e. The lowest BCUT2D eigenvalue weighted by atomic mass is 10.1. The Kier molecular flexibility index (Phi) is 7.63. The lowest BCUT2D eigenvalue weighted by Gasteiger charge is -2.29. The van der Waals surface area contributed by atoms with Crippen LogP contribution in [-0.4, -0.2) is 41.9 Å². The molecule has 1 fully saturated rings. The quantitative estimate of drug-likeness (QED) is 0.623. The number of nitrogens with one attached hydrogen (secondary N) is 1. The summed E-state index contributed by atoms with van der Waals surface area (Å²) >= 11 is 0. The van der Waals surface area contributed by atoms with Crippen LogP contribution in [0.2, 0.25) is 0 Å². The Labute approximate surface area is 154 Å². The summed E-state index contributed by atoms with van der Waals surface area (Å²) in [5.74, 6) is -0.873. The molecule has 26 heavy (non-hydrogen) atoms. The number of esters is 1. The van der Waals surface area contributed by atoms with Crippen LogP contribution in [0.15, 0.2) is 24.3 Å². The van der Waals surface area contributed by atoms with Crippen LogP contribution in [0.25, 0.3) is 0 Å². The average Bonchev–Trinajstić information content (AvgIpc) is 2.89. The van der Waals surface area contributed by atoms with Crippen molar-refractivity contribution in [3.05, 3.63) is 29.8 Å². The number of hydrogen-bond donors (Lipinski definition) is 1. The van der Waals surface area contributed by atoms with Gasteiger partial charge in [0.25, 0.3) is 0 Å². The molecule has 1 aliphatic carbocycles. The maximum absolute atomic E-state index is 12.5. The molecule has 1 saturated carbocycles. The van der Waals surface area contributed by atoms with Crippen LogP contribution in [0.5, 0.6) is 0 Å². The topological polar surface area (TPSA) is 75.7 Å². The Hall–Kier alpha value is -2.37. The predicted octanol–water partition coefficient (Wildman–Crippen LogP) is 3.37. The molecule has 2 amide bonds. The number of carbonyl (C=O) groups excluding carboxylic acids is 3. The average molecular weight is 360 g/mol. The van der Waals surface area contributed by atoms with Gasteiger partial charge in [-0.25, -0.2) is 4.79 Å². The number of para-hydroxylation sites is 1. The highest BCUT2D eigenvalue weighted by Gasteiger charge is 2.25. The van der Waals surface area contributed by atoms with E-state index in [1.165, 1.54) is 19.8 Å². The van der Waals surface area contributed by atoms with Crippen LogP contribution in [0.3, 0.4) is 0 Å². The lowest BCUT2D eigenvalue weighted by molar-refractivity contribution is -0.135. The van der Waals surface area contributed by atoms with Gasteiger partial charge in [0.05, 0.1) is 17.9 Å². The zero-order valence-corrected chi connectivity index (χ0v) is 15.6. The molecule has 1 aromatic rings. The van der Waals surface area contributed by atoms with Gasteiger partial charge in [0.15, 0.2) is 0 Å². The fourth-order valence-electron chi connectivity index (χ4n) is 3.39. The number of rotatable bonds is 6. The van der Waals surface area contributed by atoms with E-state index in [4.69, 9.17) is 4.74 Å². The SMILES string of the molecule is CCOC(=O)c1ccccc1NC(=O)CN(C(C)=O)C1CCCCCC1. The van der Waals surface area contributed by atoms with E-state index < -0.39 is 5.97 Å². The van der Waals surface area contributed by atoms with Gasteiger partial charge < -0.3 is 15.0 Å². The summed E-state index contributed by atoms with van der Waals surface area (Å²) in [6.07, 6.45) is 6.41. The molecule has 6 nitrogen and oxygen atoms in total. The molecule has 0 bridgehead atoms. The molecule has 0 radical (unpaired) electrons. The van der Waals surface area contributed by atoms with E-state index in [2.05, 4.69) is 5.32 Å². The van der Waals surface area contributed by atoms with Gasteiger partial charge in [-0.05, 0) is 31.9 Å². The van der Waals surface area contributed by atoms with Crippen molar-refractivity contribution in [2.24, 2.45) is 0 Å². The first-order valence-electron chi connectivity index (χ1n) is 9.36. The molecule has 0 saturated heterocycles. The first kappa shape index (κ1) is 19.9. The summed E-state index contributed by atoms with van der Waals surface area (Å²) in [4.78, 5) is 38.3. The first-order valence-corrected chi connectivity index (χ1v) is 9.36. The molecule has 1 N–H and O–H groups in total. The van der Waals surface area contributed by atoms with Crippen LogP contribution in [0, 0.1) is 0 Å². The molecule has 142 valence electrons. The molecular formula is C20H28N2O4. The Morgan fingerprint density at radius 3 is 2.38 bits per heavy atom. The molecule has 1 aliphatic rings. The zero-order chi connectivity index (χ0) is 18.9. The van der Waals surface area contributed by atoms with Crippen LogP contribution in [-0.2, 0) is 14.3 Å². The maximum atomic E-state index is 12.5. The highest BCUT2D eigenvalue weighted by Crippen LogP contribution is 2.22. The Morgan fingerprint density at radius 2 is 1.77 bits per heavy atom. The third-order valence-corrected chi connectivity index (χ3v) is 4.68. The Balaban J connectivity index is 2.06. The molecule has 0 aromatic heterocycles. The highest BCUT2D eigenvalue weighted by molar-refractivity contribution is 6.02. The smallest absolute Gasteiger partial charge is 0.340 e. The summed E-state index contributed by atoms with van der Waals surface area (Å²) in [6, 6.07) is 6.85. The van der Waals surface area contributed by atoms with E-state index in [0.717, 1.165) is 25.7 Å². The molecule has 2 rings (SSSR count). The van der Waals surface area contributed by atoms with Crippen molar-refractivity contribution >= 4 is 23.5 Å². The van der Waals surface area contributed by atoms with Crippen molar-refractivity contribution < 1.29 is 19.1 Å². The Bertz CT molecular complexity index is 636. The van der Waals surface area contributed by atoms with Crippen LogP contribution in [0.4, 0.5) is 5.69 Å².